The molecule has 0 amide bonds. The lowest BCUT2D eigenvalue weighted by Crippen LogP contribution is -2.50. The highest BCUT2D eigenvalue weighted by Gasteiger charge is 2.33. The molecule has 0 unspecified atom stereocenters. The molecule has 1 aliphatic rings. The van der Waals surface area contributed by atoms with Crippen LogP contribution in [0.1, 0.15) is 46.0 Å². The molecule has 0 atom stereocenters. The summed E-state index contributed by atoms with van der Waals surface area (Å²) < 4.78 is 0. The van der Waals surface area contributed by atoms with Gasteiger partial charge in [0.15, 0.2) is 0 Å². The van der Waals surface area contributed by atoms with E-state index in [0.717, 1.165) is 13.0 Å². The van der Waals surface area contributed by atoms with E-state index in [2.05, 4.69) is 25.7 Å². The molecule has 0 spiro atoms. The van der Waals surface area contributed by atoms with Gasteiger partial charge in [0.05, 0.1) is 0 Å². The van der Waals surface area contributed by atoms with E-state index in [1.807, 2.05) is 0 Å². The first-order valence-corrected chi connectivity index (χ1v) is 5.08. The summed E-state index contributed by atoms with van der Waals surface area (Å²) in [7, 11) is 0. The highest BCUT2D eigenvalue weighted by Crippen LogP contribution is 2.34. The van der Waals surface area contributed by atoms with Gasteiger partial charge in [-0.15, -0.1) is 6.58 Å². The van der Waals surface area contributed by atoms with Crippen molar-refractivity contribution in [2.24, 2.45) is 0 Å². The van der Waals surface area contributed by atoms with E-state index in [4.69, 9.17) is 0 Å². The predicted molar refractivity (Wildman–Crippen MR) is 54.3 cm³/mol. The first-order valence-electron chi connectivity index (χ1n) is 5.08. The van der Waals surface area contributed by atoms with Crippen molar-refractivity contribution in [3.63, 3.8) is 0 Å². The van der Waals surface area contributed by atoms with Crippen molar-refractivity contribution in [2.75, 3.05) is 6.54 Å². The second kappa shape index (κ2) is 4.08. The molecule has 70 valence electrons. The van der Waals surface area contributed by atoms with Crippen LogP contribution >= 0.6 is 0 Å². The molecule has 0 aromatic rings. The van der Waals surface area contributed by atoms with Gasteiger partial charge in [0.1, 0.15) is 0 Å². The summed E-state index contributed by atoms with van der Waals surface area (Å²) in [5, 5.41) is 3.65. The average molecular weight is 167 g/mol. The van der Waals surface area contributed by atoms with E-state index in [0.29, 0.717) is 5.54 Å². The van der Waals surface area contributed by atoms with Gasteiger partial charge < -0.3 is 5.32 Å². The molecule has 1 fully saturated rings. The van der Waals surface area contributed by atoms with Gasteiger partial charge in [-0.25, -0.2) is 0 Å². The molecule has 0 aromatic carbocycles. The highest BCUT2D eigenvalue weighted by atomic mass is 15.0. The summed E-state index contributed by atoms with van der Waals surface area (Å²) in [6, 6.07) is 0. The zero-order valence-corrected chi connectivity index (χ0v) is 8.45. The number of rotatable bonds is 5. The monoisotopic (exact) mass is 167 g/mol. The third kappa shape index (κ3) is 2.34. The zero-order valence-electron chi connectivity index (χ0n) is 8.45. The molecular formula is C11H21N. The molecule has 1 nitrogen and oxygen atoms in total. The number of hydrogen-bond acceptors (Lipinski definition) is 1. The van der Waals surface area contributed by atoms with Crippen molar-refractivity contribution < 1.29 is 0 Å². The quantitative estimate of drug-likeness (QED) is 0.621. The summed E-state index contributed by atoms with van der Waals surface area (Å²) in [5.74, 6) is 0. The molecule has 0 aliphatic heterocycles. The average Bonchev–Trinajstić information content (AvgIpc) is 1.94. The summed E-state index contributed by atoms with van der Waals surface area (Å²) in [6.45, 7) is 9.40. The molecule has 12 heavy (non-hydrogen) atoms. The Kier molecular flexibility index (Phi) is 3.33. The van der Waals surface area contributed by atoms with Crippen molar-refractivity contribution in [1.29, 1.82) is 0 Å². The second-order valence-corrected chi connectivity index (χ2v) is 4.12. The molecule has 1 saturated carbocycles. The van der Waals surface area contributed by atoms with Gasteiger partial charge >= 0.3 is 0 Å². The Morgan fingerprint density at radius 3 is 2.50 bits per heavy atom. The van der Waals surface area contributed by atoms with Gasteiger partial charge in [0.2, 0.25) is 0 Å². The first-order chi connectivity index (χ1) is 5.68. The van der Waals surface area contributed by atoms with E-state index >= 15 is 0 Å². The number of nitrogens with one attached hydrogen (secondary N) is 1. The lowest BCUT2D eigenvalue weighted by Gasteiger charge is -2.42. The smallest absolute Gasteiger partial charge is 0.0179 e. The maximum absolute atomic E-state index is 3.90. The highest BCUT2D eigenvalue weighted by molar-refractivity contribution is 4.96. The Labute approximate surface area is 76.2 Å². The zero-order chi connectivity index (χ0) is 9.03. The first kappa shape index (κ1) is 9.79. The molecule has 0 aromatic heterocycles. The molecule has 1 heteroatoms. The molecule has 1 aliphatic carbocycles. The van der Waals surface area contributed by atoms with E-state index in [1.54, 1.807) is 0 Å². The maximum Gasteiger partial charge on any atom is 0.0179 e. The van der Waals surface area contributed by atoms with E-state index in [9.17, 15) is 0 Å². The lowest BCUT2D eigenvalue weighted by atomic mass is 9.75. The van der Waals surface area contributed by atoms with E-state index < -0.39 is 0 Å². The minimum atomic E-state index is 0.509. The lowest BCUT2D eigenvalue weighted by molar-refractivity contribution is 0.179. The largest absolute Gasteiger partial charge is 0.311 e. The van der Waals surface area contributed by atoms with E-state index in [-0.39, 0.29) is 0 Å². The van der Waals surface area contributed by atoms with Gasteiger partial charge in [0, 0.05) is 5.54 Å². The fourth-order valence-corrected chi connectivity index (χ4v) is 1.80. The fourth-order valence-electron chi connectivity index (χ4n) is 1.80. The predicted octanol–water partition coefficient (Wildman–Crippen LogP) is 2.87. The third-order valence-electron chi connectivity index (χ3n) is 3.04. The topological polar surface area (TPSA) is 12.0 Å². The minimum Gasteiger partial charge on any atom is -0.311 e. The van der Waals surface area contributed by atoms with Crippen LogP contribution in [-0.2, 0) is 0 Å². The Balaban J connectivity index is 2.16. The molecule has 1 N–H and O–H groups in total. The standard InChI is InChI=1S/C11H21N/c1-4-11(7-5-8-11)12-9-6-10(2)3/h12H,2,4-9H2,1,3H3. The molecule has 1 rings (SSSR count). The number of hydrogen-bond donors (Lipinski definition) is 1. The summed E-state index contributed by atoms with van der Waals surface area (Å²) in [6.07, 6.45) is 6.57. The summed E-state index contributed by atoms with van der Waals surface area (Å²) in [5.41, 5.74) is 1.79. The van der Waals surface area contributed by atoms with E-state index in [1.165, 1.54) is 31.3 Å². The third-order valence-corrected chi connectivity index (χ3v) is 3.04. The van der Waals surface area contributed by atoms with Crippen LogP contribution < -0.4 is 5.32 Å². The van der Waals surface area contributed by atoms with Crippen LogP contribution in [0.25, 0.3) is 0 Å². The van der Waals surface area contributed by atoms with Crippen molar-refractivity contribution in [3.05, 3.63) is 12.2 Å². The van der Waals surface area contributed by atoms with Crippen LogP contribution in [0.3, 0.4) is 0 Å². The Bertz CT molecular complexity index is 151. The Morgan fingerprint density at radius 2 is 2.17 bits per heavy atom. The van der Waals surface area contributed by atoms with Crippen LogP contribution in [0, 0.1) is 0 Å². The Hall–Kier alpha value is -0.300. The van der Waals surface area contributed by atoms with Crippen LogP contribution in [0.5, 0.6) is 0 Å². The van der Waals surface area contributed by atoms with Gasteiger partial charge in [-0.3, -0.25) is 0 Å². The van der Waals surface area contributed by atoms with Gasteiger partial charge in [-0.05, 0) is 45.6 Å². The normalized spacial score (nSPS) is 20.2. The van der Waals surface area contributed by atoms with Crippen LogP contribution in [0.2, 0.25) is 0 Å². The molecular weight excluding hydrogens is 146 g/mol. The maximum atomic E-state index is 3.90. The summed E-state index contributed by atoms with van der Waals surface area (Å²) in [4.78, 5) is 0. The van der Waals surface area contributed by atoms with Crippen molar-refractivity contribution in [1.82, 2.24) is 5.32 Å². The second-order valence-electron chi connectivity index (χ2n) is 4.12. The Morgan fingerprint density at radius 1 is 1.50 bits per heavy atom. The van der Waals surface area contributed by atoms with Crippen LogP contribution in [0.4, 0.5) is 0 Å². The summed E-state index contributed by atoms with van der Waals surface area (Å²) >= 11 is 0. The molecule has 0 bridgehead atoms. The van der Waals surface area contributed by atoms with Crippen molar-refractivity contribution >= 4 is 0 Å². The van der Waals surface area contributed by atoms with Crippen molar-refractivity contribution in [3.8, 4) is 0 Å². The van der Waals surface area contributed by atoms with Crippen LogP contribution in [0.15, 0.2) is 12.2 Å². The van der Waals surface area contributed by atoms with Crippen LogP contribution in [-0.4, -0.2) is 12.1 Å². The van der Waals surface area contributed by atoms with Gasteiger partial charge in [-0.1, -0.05) is 12.5 Å². The molecule has 0 saturated heterocycles. The fraction of sp³-hybridized carbons (Fsp3) is 0.818. The SMILES string of the molecule is C=C(C)CCNC1(CC)CCC1. The minimum absolute atomic E-state index is 0.509. The van der Waals surface area contributed by atoms with Crippen molar-refractivity contribution in [2.45, 2.75) is 51.5 Å². The molecule has 0 heterocycles. The molecule has 0 radical (unpaired) electrons. The van der Waals surface area contributed by atoms with Gasteiger partial charge in [-0.2, -0.15) is 0 Å². The van der Waals surface area contributed by atoms with Gasteiger partial charge in [0.25, 0.3) is 0 Å².